The second-order valence-electron chi connectivity index (χ2n) is 7.37. The highest BCUT2D eigenvalue weighted by Crippen LogP contribution is 2.48. The van der Waals surface area contributed by atoms with Crippen LogP contribution < -0.4 is 15.4 Å². The summed E-state index contributed by atoms with van der Waals surface area (Å²) >= 11 is 6.24. The van der Waals surface area contributed by atoms with Gasteiger partial charge in [0.25, 0.3) is 0 Å². The molecule has 3 unspecified atom stereocenters. The number of likely N-dealkylation sites (N-methyl/N-ethyl adjacent to an activating group) is 1. The van der Waals surface area contributed by atoms with Crippen molar-refractivity contribution in [2.75, 3.05) is 25.5 Å². The summed E-state index contributed by atoms with van der Waals surface area (Å²) < 4.78 is 5.28. The number of hydrogen-bond donors (Lipinski definition) is 2. The summed E-state index contributed by atoms with van der Waals surface area (Å²) in [7, 11) is 1.62. The van der Waals surface area contributed by atoms with Crippen LogP contribution in [-0.4, -0.2) is 43.0 Å². The summed E-state index contributed by atoms with van der Waals surface area (Å²) in [4.78, 5) is 27.0. The third kappa shape index (κ3) is 3.53. The molecule has 0 bridgehead atoms. The molecule has 0 spiro atoms. The number of carbonyl (C=O) groups excluding carboxylic acids is 2. The quantitative estimate of drug-likeness (QED) is 0.757. The van der Waals surface area contributed by atoms with Gasteiger partial charge in [0.2, 0.25) is 0 Å². The molecule has 2 heterocycles. The van der Waals surface area contributed by atoms with Crippen LogP contribution in [0.4, 0.5) is 5.69 Å². The Labute approximate surface area is 175 Å². The van der Waals surface area contributed by atoms with Gasteiger partial charge in [-0.2, -0.15) is 0 Å². The number of ether oxygens (including phenoxy) is 1. The van der Waals surface area contributed by atoms with Crippen LogP contribution in [0.3, 0.4) is 0 Å². The van der Waals surface area contributed by atoms with E-state index >= 15 is 0 Å². The number of likely N-dealkylation sites (tertiary alicyclic amines) is 1. The molecule has 2 amide bonds. The van der Waals surface area contributed by atoms with Gasteiger partial charge in [-0.25, -0.2) is 0 Å². The Kier molecular flexibility index (Phi) is 5.37. The molecule has 2 aliphatic rings. The zero-order chi connectivity index (χ0) is 20.5. The summed E-state index contributed by atoms with van der Waals surface area (Å²) in [6.07, 6.45) is 0.767. The molecule has 7 heteroatoms. The molecule has 2 aromatic rings. The van der Waals surface area contributed by atoms with Crippen molar-refractivity contribution in [2.45, 2.75) is 31.3 Å². The Morgan fingerprint density at radius 3 is 2.69 bits per heavy atom. The molecule has 0 aromatic heterocycles. The van der Waals surface area contributed by atoms with Crippen LogP contribution in [0.15, 0.2) is 42.5 Å². The van der Waals surface area contributed by atoms with E-state index in [1.54, 1.807) is 18.9 Å². The molecule has 0 aliphatic carbocycles. The summed E-state index contributed by atoms with van der Waals surface area (Å²) in [6.45, 7) is 2.72. The fourth-order valence-corrected chi connectivity index (χ4v) is 4.65. The smallest absolute Gasteiger partial charge is 0.312 e. The largest absolute Gasteiger partial charge is 0.497 e. The van der Waals surface area contributed by atoms with Crippen LogP contribution in [0.25, 0.3) is 0 Å². The number of halogens is 1. The normalized spacial score (nSPS) is 22.3. The molecule has 3 atom stereocenters. The third-order valence-corrected chi connectivity index (χ3v) is 6.01. The maximum absolute atomic E-state index is 13.0. The molecule has 2 aromatic carbocycles. The number of hydrogen-bond acceptors (Lipinski definition) is 4. The van der Waals surface area contributed by atoms with E-state index < -0.39 is 11.8 Å². The van der Waals surface area contributed by atoms with Gasteiger partial charge in [-0.3, -0.25) is 9.59 Å². The maximum atomic E-state index is 13.0. The SMILES string of the molecule is CCNC(=O)C(=O)N1CCC2c3cc(Cl)ccc3NC2C1c1ccc(OC)cc1. The average Bonchev–Trinajstić information content (AvgIpc) is 3.10. The number of methoxy groups -OCH3 is 1. The molecule has 0 radical (unpaired) electrons. The molecule has 2 aliphatic heterocycles. The number of fused-ring (bicyclic) bond motifs is 3. The highest BCUT2D eigenvalue weighted by molar-refractivity contribution is 6.35. The molecule has 1 fully saturated rings. The van der Waals surface area contributed by atoms with Crippen LogP contribution in [-0.2, 0) is 9.59 Å². The van der Waals surface area contributed by atoms with Crippen LogP contribution >= 0.6 is 11.6 Å². The monoisotopic (exact) mass is 413 g/mol. The van der Waals surface area contributed by atoms with Crippen LogP contribution in [0.5, 0.6) is 5.75 Å². The predicted octanol–water partition coefficient (Wildman–Crippen LogP) is 3.34. The van der Waals surface area contributed by atoms with Gasteiger partial charge in [0.15, 0.2) is 0 Å². The predicted molar refractivity (Wildman–Crippen MR) is 112 cm³/mol. The lowest BCUT2D eigenvalue weighted by molar-refractivity contribution is -0.148. The van der Waals surface area contributed by atoms with Crippen molar-refractivity contribution in [1.82, 2.24) is 10.2 Å². The minimum Gasteiger partial charge on any atom is -0.497 e. The first-order valence-corrected chi connectivity index (χ1v) is 10.2. The van der Waals surface area contributed by atoms with Crippen molar-refractivity contribution in [2.24, 2.45) is 0 Å². The van der Waals surface area contributed by atoms with Crippen molar-refractivity contribution in [1.29, 1.82) is 0 Å². The Bertz CT molecular complexity index is 931. The van der Waals surface area contributed by atoms with Crippen molar-refractivity contribution < 1.29 is 14.3 Å². The molecular weight excluding hydrogens is 390 g/mol. The number of anilines is 1. The average molecular weight is 414 g/mol. The van der Waals surface area contributed by atoms with Gasteiger partial charge in [-0.15, -0.1) is 0 Å². The van der Waals surface area contributed by atoms with E-state index in [4.69, 9.17) is 16.3 Å². The molecule has 29 heavy (non-hydrogen) atoms. The van der Waals surface area contributed by atoms with Crippen LogP contribution in [0.2, 0.25) is 5.02 Å². The first kappa shape index (κ1) is 19.6. The second-order valence-corrected chi connectivity index (χ2v) is 7.81. The third-order valence-electron chi connectivity index (χ3n) is 5.78. The van der Waals surface area contributed by atoms with Gasteiger partial charge >= 0.3 is 11.8 Å². The lowest BCUT2D eigenvalue weighted by Gasteiger charge is -2.43. The van der Waals surface area contributed by atoms with Gasteiger partial charge in [-0.05, 0) is 54.8 Å². The Balaban J connectivity index is 1.72. The standard InChI is InChI=1S/C22H24ClN3O3/c1-3-24-21(27)22(28)26-11-10-16-17-12-14(23)6-9-18(17)25-19(16)20(26)13-4-7-15(29-2)8-5-13/h4-9,12,16,19-20,25H,3,10-11H2,1-2H3,(H,24,27). The van der Waals surface area contributed by atoms with Gasteiger partial charge in [-0.1, -0.05) is 23.7 Å². The number of nitrogens with zero attached hydrogens (tertiary/aromatic N) is 1. The molecular formula is C22H24ClN3O3. The fourth-order valence-electron chi connectivity index (χ4n) is 4.47. The molecule has 6 nitrogen and oxygen atoms in total. The summed E-state index contributed by atoms with van der Waals surface area (Å²) in [5.41, 5.74) is 3.17. The van der Waals surface area contributed by atoms with E-state index in [-0.39, 0.29) is 18.0 Å². The zero-order valence-electron chi connectivity index (χ0n) is 16.4. The molecule has 152 valence electrons. The van der Waals surface area contributed by atoms with E-state index in [1.165, 1.54) is 5.56 Å². The lowest BCUT2D eigenvalue weighted by atomic mass is 9.81. The highest BCUT2D eigenvalue weighted by atomic mass is 35.5. The Hall–Kier alpha value is -2.73. The first-order valence-electron chi connectivity index (χ1n) is 9.82. The van der Waals surface area contributed by atoms with Crippen LogP contribution in [0, 0.1) is 0 Å². The summed E-state index contributed by atoms with van der Waals surface area (Å²) in [6, 6.07) is 13.2. The number of rotatable bonds is 3. The van der Waals surface area contributed by atoms with Crippen LogP contribution in [0.1, 0.15) is 36.4 Å². The topological polar surface area (TPSA) is 70.7 Å². The summed E-state index contributed by atoms with van der Waals surface area (Å²) in [5.74, 6) is -0.101. The zero-order valence-corrected chi connectivity index (χ0v) is 17.2. The number of amides is 2. The first-order chi connectivity index (χ1) is 14.0. The van der Waals surface area contributed by atoms with Gasteiger partial charge in [0, 0.05) is 29.7 Å². The Morgan fingerprint density at radius 2 is 2.00 bits per heavy atom. The number of nitrogens with one attached hydrogen (secondary N) is 2. The Morgan fingerprint density at radius 1 is 1.24 bits per heavy atom. The van der Waals surface area contributed by atoms with E-state index in [1.807, 2.05) is 42.5 Å². The van der Waals surface area contributed by atoms with E-state index in [0.717, 1.165) is 23.4 Å². The van der Waals surface area contributed by atoms with Gasteiger partial charge in [0.05, 0.1) is 19.2 Å². The van der Waals surface area contributed by atoms with Crippen molar-refractivity contribution in [3.63, 3.8) is 0 Å². The van der Waals surface area contributed by atoms with Crippen molar-refractivity contribution in [3.05, 3.63) is 58.6 Å². The highest BCUT2D eigenvalue weighted by Gasteiger charge is 2.46. The van der Waals surface area contributed by atoms with E-state index in [0.29, 0.717) is 18.1 Å². The molecule has 2 N–H and O–H groups in total. The van der Waals surface area contributed by atoms with E-state index in [2.05, 4.69) is 10.6 Å². The molecule has 1 saturated heterocycles. The maximum Gasteiger partial charge on any atom is 0.312 e. The van der Waals surface area contributed by atoms with Crippen molar-refractivity contribution >= 4 is 29.1 Å². The minimum atomic E-state index is -0.567. The molecule has 4 rings (SSSR count). The second kappa shape index (κ2) is 7.95. The summed E-state index contributed by atoms with van der Waals surface area (Å²) in [5, 5.41) is 6.91. The van der Waals surface area contributed by atoms with Crippen molar-refractivity contribution in [3.8, 4) is 5.75 Å². The molecule has 0 saturated carbocycles. The fraction of sp³-hybridized carbons (Fsp3) is 0.364. The number of benzene rings is 2. The lowest BCUT2D eigenvalue weighted by Crippen LogP contribution is -2.53. The minimum absolute atomic E-state index is 0.0380. The van der Waals surface area contributed by atoms with Gasteiger partial charge < -0.3 is 20.3 Å². The van der Waals surface area contributed by atoms with E-state index in [9.17, 15) is 9.59 Å². The number of carbonyl (C=O) groups is 2. The number of piperidine rings is 1. The van der Waals surface area contributed by atoms with Gasteiger partial charge in [0.1, 0.15) is 5.75 Å².